The molecule has 0 fully saturated rings. The van der Waals surface area contributed by atoms with E-state index in [1.165, 1.54) is 20.9 Å². The minimum atomic E-state index is -0.627. The molecule has 4 heterocycles. The summed E-state index contributed by atoms with van der Waals surface area (Å²) >= 11 is 1.30. The lowest BCUT2D eigenvalue weighted by Crippen LogP contribution is -2.51. The second kappa shape index (κ2) is 17.3. The molecule has 3 N–H and O–H groups in total. The third kappa shape index (κ3) is 10.5. The number of carbonyl (C=O) groups is 4. The molecule has 3 atom stereocenters. The zero-order valence-electron chi connectivity index (χ0n) is 29.8. The van der Waals surface area contributed by atoms with E-state index in [4.69, 9.17) is 0 Å². The topological polar surface area (TPSA) is 164 Å². The van der Waals surface area contributed by atoms with Gasteiger partial charge in [-0.1, -0.05) is 64.1 Å². The molecule has 0 saturated heterocycles. The van der Waals surface area contributed by atoms with Crippen molar-refractivity contribution in [2.24, 2.45) is 11.8 Å². The lowest BCUT2D eigenvalue weighted by molar-refractivity contribution is -0.137. The van der Waals surface area contributed by atoms with E-state index in [0.29, 0.717) is 35.9 Å². The first-order valence-corrected chi connectivity index (χ1v) is 18.3. The number of hydrogen-bond acceptors (Lipinski definition) is 9. The van der Waals surface area contributed by atoms with Gasteiger partial charge in [0.25, 0.3) is 5.91 Å². The van der Waals surface area contributed by atoms with Crippen molar-refractivity contribution in [3.05, 3.63) is 93.7 Å². The first kappa shape index (κ1) is 37.3. The third-order valence-electron chi connectivity index (χ3n) is 8.70. The Balaban J connectivity index is 1.51. The molecule has 0 unspecified atom stereocenters. The monoisotopic (exact) mass is 713 g/mol. The van der Waals surface area contributed by atoms with E-state index in [1.807, 2.05) is 56.3 Å². The quantitative estimate of drug-likeness (QED) is 0.247. The van der Waals surface area contributed by atoms with Crippen LogP contribution in [0.15, 0.2) is 60.2 Å². The van der Waals surface area contributed by atoms with Crippen molar-refractivity contribution in [1.82, 2.24) is 45.6 Å². The van der Waals surface area contributed by atoms with Crippen LogP contribution in [0, 0.1) is 18.8 Å². The molecule has 51 heavy (non-hydrogen) atoms. The van der Waals surface area contributed by atoms with Crippen LogP contribution < -0.4 is 16.0 Å². The number of amides is 4. The van der Waals surface area contributed by atoms with Gasteiger partial charge in [0, 0.05) is 36.8 Å². The molecule has 4 amide bonds. The molecule has 4 aromatic rings. The molecule has 0 saturated carbocycles. The maximum atomic E-state index is 13.8. The normalized spacial score (nSPS) is 19.2. The van der Waals surface area contributed by atoms with Crippen LogP contribution in [-0.4, -0.2) is 72.4 Å². The van der Waals surface area contributed by atoms with Crippen LogP contribution in [0.1, 0.15) is 90.9 Å². The summed E-state index contributed by atoms with van der Waals surface area (Å²) in [5.41, 5.74) is 2.09. The third-order valence-corrected chi connectivity index (χ3v) is 9.66. The predicted molar refractivity (Wildman–Crippen MR) is 193 cm³/mol. The standard InChI is InChI=1S/C37H47N9O4S/c1-23(2)16-29-37-43-31(22-51-37)36(50)42-28(17-26-10-7-6-8-11-26)35-39-25(5)44-46(35)21-33(48)41-30(24(3)4)19-45(20-32(47)40-29)34(49)14-13-27-12-9-15-38-18-27/h6-12,15,18,22-24,28-30H,13-14,16-17,19-21H2,1-5H3,(H,40,47)(H,41,48)(H,42,50)/t28-,29-,30+/m0/s1. The van der Waals surface area contributed by atoms with Crippen molar-refractivity contribution in [2.75, 3.05) is 13.1 Å². The highest BCUT2D eigenvalue weighted by Gasteiger charge is 2.30. The van der Waals surface area contributed by atoms with Crippen molar-refractivity contribution in [1.29, 1.82) is 0 Å². The highest BCUT2D eigenvalue weighted by atomic mass is 32.1. The second-order valence-electron chi connectivity index (χ2n) is 13.8. The van der Waals surface area contributed by atoms with Crippen molar-refractivity contribution >= 4 is 35.0 Å². The van der Waals surface area contributed by atoms with Crippen molar-refractivity contribution in [3.63, 3.8) is 0 Å². The van der Waals surface area contributed by atoms with Gasteiger partial charge in [0.05, 0.1) is 18.6 Å². The number of nitrogens with zero attached hydrogens (tertiary/aromatic N) is 6. The highest BCUT2D eigenvalue weighted by molar-refractivity contribution is 7.09. The van der Waals surface area contributed by atoms with Crippen molar-refractivity contribution in [2.45, 2.75) is 85.0 Å². The van der Waals surface area contributed by atoms with E-state index in [2.05, 4.69) is 49.8 Å². The Morgan fingerprint density at radius 2 is 1.67 bits per heavy atom. The zero-order valence-corrected chi connectivity index (χ0v) is 30.7. The number of aromatic nitrogens is 5. The van der Waals surface area contributed by atoms with E-state index in [9.17, 15) is 19.2 Å². The molecule has 1 aliphatic rings. The van der Waals surface area contributed by atoms with E-state index >= 15 is 0 Å². The zero-order chi connectivity index (χ0) is 36.5. The predicted octanol–water partition coefficient (Wildman–Crippen LogP) is 3.97. The van der Waals surface area contributed by atoms with Gasteiger partial charge in [0.2, 0.25) is 17.7 Å². The maximum absolute atomic E-state index is 13.8. The van der Waals surface area contributed by atoms with Gasteiger partial charge in [-0.25, -0.2) is 14.6 Å². The summed E-state index contributed by atoms with van der Waals surface area (Å²) in [6, 6.07) is 11.9. The molecule has 14 heteroatoms. The number of pyridine rings is 1. The van der Waals surface area contributed by atoms with Gasteiger partial charge in [0.15, 0.2) is 5.82 Å². The average molecular weight is 714 g/mol. The Morgan fingerprint density at radius 3 is 2.37 bits per heavy atom. The fourth-order valence-corrected chi connectivity index (χ4v) is 6.91. The summed E-state index contributed by atoms with van der Waals surface area (Å²) in [6.45, 7) is 9.54. The second-order valence-corrected chi connectivity index (χ2v) is 14.7. The Morgan fingerprint density at radius 1 is 0.922 bits per heavy atom. The fraction of sp³-hybridized carbons (Fsp3) is 0.459. The van der Waals surface area contributed by atoms with Crippen LogP contribution in [0.4, 0.5) is 0 Å². The molecule has 0 radical (unpaired) electrons. The van der Waals surface area contributed by atoms with Crippen LogP contribution in [0.5, 0.6) is 0 Å². The van der Waals surface area contributed by atoms with E-state index in [-0.39, 0.29) is 61.3 Å². The Kier molecular flexibility index (Phi) is 12.6. The molecule has 2 bridgehead atoms. The molecule has 0 aliphatic carbocycles. The van der Waals surface area contributed by atoms with Crippen LogP contribution in [0.3, 0.4) is 0 Å². The minimum Gasteiger partial charge on any atom is -0.350 e. The van der Waals surface area contributed by atoms with Crippen LogP contribution in [0.2, 0.25) is 0 Å². The summed E-state index contributed by atoms with van der Waals surface area (Å²) in [4.78, 5) is 70.0. The van der Waals surface area contributed by atoms with Crippen LogP contribution in [0.25, 0.3) is 0 Å². The van der Waals surface area contributed by atoms with Crippen molar-refractivity contribution in [3.8, 4) is 0 Å². The van der Waals surface area contributed by atoms with Gasteiger partial charge < -0.3 is 20.9 Å². The molecular formula is C37H47N9O4S. The average Bonchev–Trinajstić information content (AvgIpc) is 3.73. The summed E-state index contributed by atoms with van der Waals surface area (Å²) in [5.74, 6) is -0.270. The molecule has 13 nitrogen and oxygen atoms in total. The minimum absolute atomic E-state index is 0.0688. The number of benzene rings is 1. The molecule has 5 rings (SSSR count). The van der Waals surface area contributed by atoms with Gasteiger partial charge >= 0.3 is 0 Å². The van der Waals surface area contributed by atoms with Gasteiger partial charge in [-0.2, -0.15) is 5.10 Å². The Bertz CT molecular complexity index is 1790. The molecular weight excluding hydrogens is 667 g/mol. The summed E-state index contributed by atoms with van der Waals surface area (Å²) in [7, 11) is 0. The molecule has 270 valence electrons. The Labute approximate surface area is 302 Å². The summed E-state index contributed by atoms with van der Waals surface area (Å²) in [6.07, 6.45) is 5.02. The lowest BCUT2D eigenvalue weighted by atomic mass is 10.0. The van der Waals surface area contributed by atoms with E-state index in [0.717, 1.165) is 11.1 Å². The van der Waals surface area contributed by atoms with E-state index < -0.39 is 24.0 Å². The fourth-order valence-electron chi connectivity index (χ4n) is 6.05. The Hall–Kier alpha value is -4.98. The van der Waals surface area contributed by atoms with E-state index in [1.54, 1.807) is 24.7 Å². The lowest BCUT2D eigenvalue weighted by Gasteiger charge is -2.31. The van der Waals surface area contributed by atoms with Gasteiger partial charge in [-0.3, -0.25) is 24.2 Å². The molecule has 0 spiro atoms. The number of thiazole rings is 1. The number of rotatable bonds is 8. The number of aryl methyl sites for hydroxylation is 2. The maximum Gasteiger partial charge on any atom is 0.271 e. The number of hydrogen-bond donors (Lipinski definition) is 3. The number of fused-ring (bicyclic) bond motifs is 3. The first-order chi connectivity index (χ1) is 24.4. The number of nitrogens with one attached hydrogen (secondary N) is 3. The van der Waals surface area contributed by atoms with Gasteiger partial charge in [-0.05, 0) is 55.2 Å². The smallest absolute Gasteiger partial charge is 0.271 e. The molecule has 1 aromatic carbocycles. The van der Waals surface area contributed by atoms with Crippen LogP contribution >= 0.6 is 11.3 Å². The molecule has 1 aliphatic heterocycles. The largest absolute Gasteiger partial charge is 0.350 e. The SMILES string of the molecule is Cc1nc2n(n1)CC(=O)N[C@@H](C(C)C)CN(C(=O)CCc1cccnc1)CC(=O)N[C@@H](CC(C)C)c1nc(cs1)C(=O)N[C@H]2Cc1ccccc1. The highest BCUT2D eigenvalue weighted by Crippen LogP contribution is 2.26. The molecule has 3 aromatic heterocycles. The van der Waals surface area contributed by atoms with Gasteiger partial charge in [0.1, 0.15) is 23.1 Å². The summed E-state index contributed by atoms with van der Waals surface area (Å²) in [5, 5.41) is 16.1. The first-order valence-electron chi connectivity index (χ1n) is 17.4. The van der Waals surface area contributed by atoms with Crippen molar-refractivity contribution < 1.29 is 19.2 Å². The van der Waals surface area contributed by atoms with Crippen LogP contribution in [-0.2, 0) is 33.8 Å². The number of carbonyl (C=O) groups excluding carboxylic acids is 4. The summed E-state index contributed by atoms with van der Waals surface area (Å²) < 4.78 is 1.52. The van der Waals surface area contributed by atoms with Gasteiger partial charge in [-0.15, -0.1) is 11.3 Å².